The van der Waals surface area contributed by atoms with Crippen LogP contribution in [0.2, 0.25) is 0 Å². The molecule has 0 spiro atoms. The van der Waals surface area contributed by atoms with Gasteiger partial charge in [-0.3, -0.25) is 10.2 Å². The lowest BCUT2D eigenvalue weighted by molar-refractivity contribution is -0.118. The monoisotopic (exact) mass is 314 g/mol. The Hall–Kier alpha value is -2.14. The van der Waals surface area contributed by atoms with Gasteiger partial charge in [-0.2, -0.15) is 0 Å². The molecule has 0 unspecified atom stereocenters. The zero-order valence-corrected chi connectivity index (χ0v) is 13.3. The fourth-order valence-corrected chi connectivity index (χ4v) is 3.71. The topological polar surface area (TPSA) is 62.2 Å². The molecule has 0 fully saturated rings. The maximum Gasteiger partial charge on any atom is 0.262 e. The maximum atomic E-state index is 11.9. The van der Waals surface area contributed by atoms with Crippen molar-refractivity contribution in [1.82, 2.24) is 0 Å². The van der Waals surface area contributed by atoms with Gasteiger partial charge in [0.25, 0.3) is 5.91 Å². The van der Waals surface area contributed by atoms with E-state index in [0.717, 1.165) is 29.0 Å². The summed E-state index contributed by atoms with van der Waals surface area (Å²) >= 11 is 1.61. The average molecular weight is 314 g/mol. The van der Waals surface area contributed by atoms with Crippen LogP contribution in [0.1, 0.15) is 27.3 Å². The van der Waals surface area contributed by atoms with Gasteiger partial charge in [-0.15, -0.1) is 11.3 Å². The lowest BCUT2D eigenvalue weighted by Gasteiger charge is -2.09. The number of carbonyl (C=O) groups excluding carboxylic acids is 1. The van der Waals surface area contributed by atoms with Crippen molar-refractivity contribution in [2.45, 2.75) is 26.2 Å². The first-order valence-corrected chi connectivity index (χ1v) is 8.14. The van der Waals surface area contributed by atoms with Gasteiger partial charge in [-0.25, -0.2) is 0 Å². The highest BCUT2D eigenvalue weighted by molar-refractivity contribution is 7.14. The van der Waals surface area contributed by atoms with E-state index in [1.165, 1.54) is 16.9 Å². The molecule has 2 N–H and O–H groups in total. The van der Waals surface area contributed by atoms with Crippen LogP contribution in [0.5, 0.6) is 0 Å². The zero-order valence-electron chi connectivity index (χ0n) is 12.4. The highest BCUT2D eigenvalue weighted by Crippen LogP contribution is 2.30. The molecular weight excluding hydrogens is 296 g/mol. The van der Waals surface area contributed by atoms with E-state index in [4.69, 9.17) is 10.1 Å². The van der Waals surface area contributed by atoms with Crippen molar-refractivity contribution in [2.24, 2.45) is 0 Å². The second-order valence-electron chi connectivity index (χ2n) is 5.39. The van der Waals surface area contributed by atoms with Crippen LogP contribution in [0.4, 0.5) is 5.69 Å². The Morgan fingerprint density at radius 1 is 1.36 bits per heavy atom. The number of anilines is 1. The van der Waals surface area contributed by atoms with Gasteiger partial charge in [0, 0.05) is 10.6 Å². The normalized spacial score (nSPS) is 12.8. The summed E-state index contributed by atoms with van der Waals surface area (Å²) < 4.78 is 5.32. The number of benzene rings is 1. The van der Waals surface area contributed by atoms with Crippen LogP contribution in [0.25, 0.3) is 0 Å². The molecule has 1 heterocycles. The minimum Gasteiger partial charge on any atom is -0.467 e. The average Bonchev–Trinajstić information content (AvgIpc) is 3.08. The Bertz CT molecular complexity index is 700. The molecule has 5 heteroatoms. The SMILES string of the molecule is Cc1ccccc1NC(=O)COC(=N)c1cc2c(s1)CCC2. The molecule has 0 atom stereocenters. The van der Waals surface area contributed by atoms with Crippen molar-refractivity contribution in [3.63, 3.8) is 0 Å². The Morgan fingerprint density at radius 2 is 2.18 bits per heavy atom. The number of hydrogen-bond donors (Lipinski definition) is 2. The summed E-state index contributed by atoms with van der Waals surface area (Å²) in [6, 6.07) is 9.61. The zero-order chi connectivity index (χ0) is 15.5. The molecule has 3 rings (SSSR count). The summed E-state index contributed by atoms with van der Waals surface area (Å²) in [5, 5.41) is 10.8. The molecule has 0 saturated heterocycles. The first-order valence-electron chi connectivity index (χ1n) is 7.32. The first-order chi connectivity index (χ1) is 10.6. The van der Waals surface area contributed by atoms with E-state index < -0.39 is 0 Å². The number of nitrogens with one attached hydrogen (secondary N) is 2. The number of para-hydroxylation sites is 1. The molecule has 1 aliphatic rings. The van der Waals surface area contributed by atoms with E-state index >= 15 is 0 Å². The number of thiophene rings is 1. The Balaban J connectivity index is 1.54. The number of rotatable bonds is 4. The standard InChI is InChI=1S/C17H18N2O2S/c1-11-5-2-3-7-13(11)19-16(20)10-21-17(18)15-9-12-6-4-8-14(12)22-15/h2-3,5,7,9,18H,4,6,8,10H2,1H3,(H,19,20). The lowest BCUT2D eigenvalue weighted by Crippen LogP contribution is -2.21. The Labute approximate surface area is 133 Å². The molecule has 0 radical (unpaired) electrons. The molecule has 4 nitrogen and oxygen atoms in total. The second-order valence-corrected chi connectivity index (χ2v) is 6.53. The number of amides is 1. The van der Waals surface area contributed by atoms with Gasteiger partial charge in [0.05, 0.1) is 4.88 Å². The summed E-state index contributed by atoms with van der Waals surface area (Å²) in [6.07, 6.45) is 3.39. The van der Waals surface area contributed by atoms with Crippen molar-refractivity contribution < 1.29 is 9.53 Å². The molecule has 1 aromatic carbocycles. The first kappa shape index (κ1) is 14.8. The van der Waals surface area contributed by atoms with E-state index in [-0.39, 0.29) is 18.4 Å². The molecule has 114 valence electrons. The third kappa shape index (κ3) is 3.20. The molecule has 1 aromatic heterocycles. The van der Waals surface area contributed by atoms with Crippen LogP contribution < -0.4 is 5.32 Å². The van der Waals surface area contributed by atoms with Gasteiger partial charge in [-0.1, -0.05) is 18.2 Å². The van der Waals surface area contributed by atoms with Crippen molar-refractivity contribution in [1.29, 1.82) is 5.41 Å². The summed E-state index contributed by atoms with van der Waals surface area (Å²) in [4.78, 5) is 14.1. The molecule has 0 saturated carbocycles. The molecular formula is C17H18N2O2S. The summed E-state index contributed by atoms with van der Waals surface area (Å²) in [5.74, 6) is -0.164. The van der Waals surface area contributed by atoms with Crippen LogP contribution in [-0.2, 0) is 22.4 Å². The van der Waals surface area contributed by atoms with Gasteiger partial charge in [0.1, 0.15) is 0 Å². The third-order valence-electron chi connectivity index (χ3n) is 3.74. The minimum atomic E-state index is -0.247. The molecule has 1 amide bonds. The van der Waals surface area contributed by atoms with Gasteiger partial charge in [0.2, 0.25) is 5.90 Å². The number of hydrogen-bond acceptors (Lipinski definition) is 4. The summed E-state index contributed by atoms with van der Waals surface area (Å²) in [6.45, 7) is 1.79. The molecule has 22 heavy (non-hydrogen) atoms. The number of ether oxygens (including phenoxy) is 1. The molecule has 1 aliphatic carbocycles. The summed E-state index contributed by atoms with van der Waals surface area (Å²) in [7, 11) is 0. The van der Waals surface area contributed by atoms with E-state index in [2.05, 4.69) is 5.32 Å². The van der Waals surface area contributed by atoms with Crippen molar-refractivity contribution in [3.05, 3.63) is 51.2 Å². The van der Waals surface area contributed by atoms with Crippen LogP contribution in [0.3, 0.4) is 0 Å². The second kappa shape index (κ2) is 6.32. The smallest absolute Gasteiger partial charge is 0.262 e. The fraction of sp³-hybridized carbons (Fsp3) is 0.294. The number of carbonyl (C=O) groups is 1. The quantitative estimate of drug-likeness (QED) is 0.670. The Morgan fingerprint density at radius 3 is 2.95 bits per heavy atom. The maximum absolute atomic E-state index is 11.9. The number of aryl methyl sites for hydroxylation is 3. The third-order valence-corrected chi connectivity index (χ3v) is 4.97. The van der Waals surface area contributed by atoms with E-state index in [1.54, 1.807) is 11.3 Å². The lowest BCUT2D eigenvalue weighted by atomic mass is 10.2. The predicted octanol–water partition coefficient (Wildman–Crippen LogP) is 3.53. The van der Waals surface area contributed by atoms with Gasteiger partial charge in [-0.05, 0) is 49.4 Å². The highest BCUT2D eigenvalue weighted by atomic mass is 32.1. The molecule has 0 bridgehead atoms. The van der Waals surface area contributed by atoms with E-state index in [0.29, 0.717) is 0 Å². The summed E-state index contributed by atoms with van der Waals surface area (Å²) in [5.41, 5.74) is 3.11. The predicted molar refractivity (Wildman–Crippen MR) is 88.9 cm³/mol. The van der Waals surface area contributed by atoms with Crippen molar-refractivity contribution >= 4 is 28.8 Å². The van der Waals surface area contributed by atoms with Gasteiger partial charge in [0.15, 0.2) is 6.61 Å². The van der Waals surface area contributed by atoms with Crippen molar-refractivity contribution in [3.8, 4) is 0 Å². The largest absolute Gasteiger partial charge is 0.467 e. The van der Waals surface area contributed by atoms with Crippen LogP contribution in [0.15, 0.2) is 30.3 Å². The van der Waals surface area contributed by atoms with Crippen LogP contribution in [-0.4, -0.2) is 18.4 Å². The number of fused-ring (bicyclic) bond motifs is 1. The van der Waals surface area contributed by atoms with Gasteiger partial charge >= 0.3 is 0 Å². The highest BCUT2D eigenvalue weighted by Gasteiger charge is 2.18. The van der Waals surface area contributed by atoms with Gasteiger partial charge < -0.3 is 10.1 Å². The molecule has 0 aliphatic heterocycles. The van der Waals surface area contributed by atoms with E-state index in [1.807, 2.05) is 37.3 Å². The Kier molecular flexibility index (Phi) is 4.24. The molecule has 2 aromatic rings. The fourth-order valence-electron chi connectivity index (χ4n) is 2.55. The minimum absolute atomic E-state index is 0.0827. The van der Waals surface area contributed by atoms with Crippen molar-refractivity contribution in [2.75, 3.05) is 11.9 Å². The van der Waals surface area contributed by atoms with Crippen LogP contribution in [0, 0.1) is 12.3 Å². The van der Waals surface area contributed by atoms with E-state index in [9.17, 15) is 4.79 Å². The van der Waals surface area contributed by atoms with Crippen LogP contribution >= 0.6 is 11.3 Å².